The Morgan fingerprint density at radius 2 is 1.76 bits per heavy atom. The minimum absolute atomic E-state index is 0.912. The maximum atomic E-state index is 4.14. The van der Waals surface area contributed by atoms with Gasteiger partial charge in [0, 0.05) is 15.4 Å². The molecule has 0 radical (unpaired) electrons. The summed E-state index contributed by atoms with van der Waals surface area (Å²) in [5.74, 6) is 0. The molecule has 0 unspecified atom stereocenters. The Hall–Kier alpha value is -1.74. The first-order chi connectivity index (χ1) is 8.34. The van der Waals surface area contributed by atoms with E-state index in [1.807, 2.05) is 36.5 Å². The van der Waals surface area contributed by atoms with E-state index in [2.05, 4.69) is 44.3 Å². The maximum absolute atomic E-state index is 4.14. The van der Waals surface area contributed by atoms with Crippen molar-refractivity contribution < 1.29 is 0 Å². The number of nitrogens with zero attached hydrogens (tertiary/aromatic N) is 2. The van der Waals surface area contributed by atoms with Gasteiger partial charge in [-0.25, -0.2) is 0 Å². The van der Waals surface area contributed by atoms with Gasteiger partial charge in [0.1, 0.15) is 0 Å². The first-order valence-corrected chi connectivity index (χ1v) is 6.10. The van der Waals surface area contributed by atoms with Crippen molar-refractivity contribution in [2.45, 2.75) is 0 Å². The number of halogens is 1. The first kappa shape index (κ1) is 10.4. The molecule has 0 saturated carbocycles. The molecule has 82 valence electrons. The molecule has 2 nitrogen and oxygen atoms in total. The van der Waals surface area contributed by atoms with E-state index < -0.39 is 0 Å². The summed E-state index contributed by atoms with van der Waals surface area (Å²) >= 11 is 3.49. The molecule has 0 aliphatic carbocycles. The number of fused-ring (bicyclic) bond motifs is 1. The summed E-state index contributed by atoms with van der Waals surface area (Å²) in [5.41, 5.74) is 3.18. The van der Waals surface area contributed by atoms with Crippen LogP contribution in [0, 0.1) is 0 Å². The van der Waals surface area contributed by atoms with E-state index in [0.29, 0.717) is 0 Å². The molecule has 0 atom stereocenters. The van der Waals surface area contributed by atoms with Crippen LogP contribution in [-0.4, -0.2) is 10.2 Å². The van der Waals surface area contributed by atoms with Gasteiger partial charge in [0.05, 0.1) is 11.7 Å². The van der Waals surface area contributed by atoms with E-state index in [1.54, 1.807) is 0 Å². The Labute approximate surface area is 107 Å². The van der Waals surface area contributed by atoms with Gasteiger partial charge in [-0.15, -0.1) is 0 Å². The molecule has 0 bridgehead atoms. The van der Waals surface area contributed by atoms with Crippen molar-refractivity contribution in [3.05, 3.63) is 59.2 Å². The lowest BCUT2D eigenvalue weighted by atomic mass is 10.0. The number of aromatic nitrogens is 2. The third-order valence-corrected chi connectivity index (χ3v) is 3.18. The minimum atomic E-state index is 0.912. The summed E-state index contributed by atoms with van der Waals surface area (Å²) in [7, 11) is 0. The third-order valence-electron chi connectivity index (χ3n) is 2.69. The highest BCUT2D eigenvalue weighted by molar-refractivity contribution is 9.10. The van der Waals surface area contributed by atoms with Crippen LogP contribution in [0.1, 0.15) is 0 Å². The molecule has 0 N–H and O–H groups in total. The van der Waals surface area contributed by atoms with Crippen LogP contribution < -0.4 is 0 Å². The van der Waals surface area contributed by atoms with Crippen LogP contribution in [-0.2, 0) is 0 Å². The van der Waals surface area contributed by atoms with Crippen molar-refractivity contribution in [2.75, 3.05) is 0 Å². The van der Waals surface area contributed by atoms with E-state index >= 15 is 0 Å². The lowest BCUT2D eigenvalue weighted by Crippen LogP contribution is -1.87. The summed E-state index contributed by atoms with van der Waals surface area (Å²) in [5, 5.41) is 9.30. The molecule has 0 fully saturated rings. The zero-order valence-corrected chi connectivity index (χ0v) is 10.6. The molecule has 0 aliphatic rings. The monoisotopic (exact) mass is 284 g/mol. The molecular formula is C14H9BrN2. The molecule has 3 heteroatoms. The zero-order chi connectivity index (χ0) is 11.7. The predicted octanol–water partition coefficient (Wildman–Crippen LogP) is 4.06. The van der Waals surface area contributed by atoms with Crippen LogP contribution in [0.5, 0.6) is 0 Å². The van der Waals surface area contributed by atoms with Crippen molar-refractivity contribution in [1.82, 2.24) is 10.2 Å². The van der Waals surface area contributed by atoms with Gasteiger partial charge in [-0.3, -0.25) is 0 Å². The van der Waals surface area contributed by atoms with Gasteiger partial charge in [-0.2, -0.15) is 10.2 Å². The molecule has 0 amide bonds. The SMILES string of the molecule is Brc1ccc2nncc(-c3ccccc3)c2c1. The normalized spacial score (nSPS) is 10.6. The van der Waals surface area contributed by atoms with Gasteiger partial charge in [-0.05, 0) is 23.8 Å². The van der Waals surface area contributed by atoms with E-state index in [1.165, 1.54) is 0 Å². The minimum Gasteiger partial charge on any atom is -0.158 e. The lowest BCUT2D eigenvalue weighted by molar-refractivity contribution is 1.08. The lowest BCUT2D eigenvalue weighted by Gasteiger charge is -2.05. The molecule has 3 aromatic rings. The molecule has 1 heterocycles. The Bertz CT molecular complexity index is 665. The topological polar surface area (TPSA) is 25.8 Å². The Morgan fingerprint density at radius 3 is 2.59 bits per heavy atom. The largest absolute Gasteiger partial charge is 0.158 e. The first-order valence-electron chi connectivity index (χ1n) is 5.31. The Kier molecular flexibility index (Phi) is 2.61. The quantitative estimate of drug-likeness (QED) is 0.673. The fourth-order valence-electron chi connectivity index (χ4n) is 1.88. The summed E-state index contributed by atoms with van der Waals surface area (Å²) in [6.07, 6.45) is 1.81. The number of hydrogen-bond donors (Lipinski definition) is 0. The zero-order valence-electron chi connectivity index (χ0n) is 8.97. The van der Waals surface area contributed by atoms with Gasteiger partial charge < -0.3 is 0 Å². The van der Waals surface area contributed by atoms with Gasteiger partial charge in [0.25, 0.3) is 0 Å². The number of rotatable bonds is 1. The predicted molar refractivity (Wildman–Crippen MR) is 72.7 cm³/mol. The molecule has 2 aromatic carbocycles. The fraction of sp³-hybridized carbons (Fsp3) is 0. The molecule has 0 saturated heterocycles. The van der Waals surface area contributed by atoms with Gasteiger partial charge >= 0.3 is 0 Å². The smallest absolute Gasteiger partial charge is 0.0936 e. The van der Waals surface area contributed by atoms with Crippen LogP contribution in [0.3, 0.4) is 0 Å². The average molecular weight is 285 g/mol. The van der Waals surface area contributed by atoms with Crippen molar-refractivity contribution in [3.8, 4) is 11.1 Å². The second kappa shape index (κ2) is 4.26. The maximum Gasteiger partial charge on any atom is 0.0936 e. The van der Waals surface area contributed by atoms with E-state index in [9.17, 15) is 0 Å². The van der Waals surface area contributed by atoms with Gasteiger partial charge in [-0.1, -0.05) is 46.3 Å². The third kappa shape index (κ3) is 1.94. The highest BCUT2D eigenvalue weighted by Gasteiger charge is 2.05. The summed E-state index contributed by atoms with van der Waals surface area (Å²) in [4.78, 5) is 0. The molecule has 0 aliphatic heterocycles. The molecular weight excluding hydrogens is 276 g/mol. The van der Waals surface area contributed by atoms with Crippen molar-refractivity contribution in [1.29, 1.82) is 0 Å². The van der Waals surface area contributed by atoms with Crippen LogP contribution in [0.4, 0.5) is 0 Å². The molecule has 3 rings (SSSR count). The van der Waals surface area contributed by atoms with Crippen LogP contribution >= 0.6 is 15.9 Å². The van der Waals surface area contributed by atoms with Crippen LogP contribution in [0.25, 0.3) is 22.0 Å². The van der Waals surface area contributed by atoms with Crippen LogP contribution in [0.2, 0.25) is 0 Å². The molecule has 17 heavy (non-hydrogen) atoms. The number of benzene rings is 2. The highest BCUT2D eigenvalue weighted by atomic mass is 79.9. The summed E-state index contributed by atoms with van der Waals surface area (Å²) < 4.78 is 1.05. The average Bonchev–Trinajstić information content (AvgIpc) is 2.39. The van der Waals surface area contributed by atoms with Crippen LogP contribution in [0.15, 0.2) is 59.2 Å². The van der Waals surface area contributed by atoms with E-state index in [0.717, 1.165) is 26.5 Å². The highest BCUT2D eigenvalue weighted by Crippen LogP contribution is 2.28. The summed E-state index contributed by atoms with van der Waals surface area (Å²) in [6.45, 7) is 0. The summed E-state index contributed by atoms with van der Waals surface area (Å²) in [6, 6.07) is 16.3. The van der Waals surface area contributed by atoms with Crippen molar-refractivity contribution >= 4 is 26.8 Å². The number of hydrogen-bond acceptors (Lipinski definition) is 2. The fourth-order valence-corrected chi connectivity index (χ4v) is 2.24. The van der Waals surface area contributed by atoms with Gasteiger partial charge in [0.2, 0.25) is 0 Å². The van der Waals surface area contributed by atoms with E-state index in [4.69, 9.17) is 0 Å². The second-order valence-corrected chi connectivity index (χ2v) is 4.70. The van der Waals surface area contributed by atoms with E-state index in [-0.39, 0.29) is 0 Å². The Morgan fingerprint density at radius 1 is 0.941 bits per heavy atom. The molecule has 0 spiro atoms. The van der Waals surface area contributed by atoms with Gasteiger partial charge in [0.15, 0.2) is 0 Å². The van der Waals surface area contributed by atoms with Crippen molar-refractivity contribution in [3.63, 3.8) is 0 Å². The van der Waals surface area contributed by atoms with Crippen molar-refractivity contribution in [2.24, 2.45) is 0 Å². The standard InChI is InChI=1S/C14H9BrN2/c15-11-6-7-14-12(8-11)13(9-16-17-14)10-4-2-1-3-5-10/h1-9H. The molecule has 1 aromatic heterocycles. The Balaban J connectivity index is 2.33. The second-order valence-electron chi connectivity index (χ2n) is 3.79.